The van der Waals surface area contributed by atoms with Crippen molar-refractivity contribution in [1.82, 2.24) is 20.0 Å². The fourth-order valence-electron chi connectivity index (χ4n) is 6.46. The van der Waals surface area contributed by atoms with E-state index in [0.717, 1.165) is 16.6 Å². The van der Waals surface area contributed by atoms with Crippen LogP contribution in [0, 0.1) is 0 Å². The van der Waals surface area contributed by atoms with E-state index < -0.39 is 36.5 Å². The van der Waals surface area contributed by atoms with Gasteiger partial charge in [0, 0.05) is 75.7 Å². The summed E-state index contributed by atoms with van der Waals surface area (Å²) in [6.07, 6.45) is -4.03. The van der Waals surface area contributed by atoms with Gasteiger partial charge in [0.1, 0.15) is 12.4 Å². The summed E-state index contributed by atoms with van der Waals surface area (Å²) in [5, 5.41) is 23.3. The summed E-state index contributed by atoms with van der Waals surface area (Å²) in [6, 6.07) is 10.0. The first-order valence-electron chi connectivity index (χ1n) is 19.7. The summed E-state index contributed by atoms with van der Waals surface area (Å²) >= 11 is 1.33. The van der Waals surface area contributed by atoms with Crippen LogP contribution in [0.4, 0.5) is 4.79 Å². The monoisotopic (exact) mass is 858 g/mol. The van der Waals surface area contributed by atoms with Crippen molar-refractivity contribution in [2.45, 2.75) is 50.8 Å². The first kappa shape index (κ1) is 46.0. The minimum atomic E-state index is -1.28. The minimum Gasteiger partial charge on any atom is -0.493 e. The number of benzene rings is 2. The van der Waals surface area contributed by atoms with Crippen molar-refractivity contribution in [2.75, 3.05) is 94.0 Å². The lowest BCUT2D eigenvalue weighted by atomic mass is 10.0. The minimum absolute atomic E-state index is 0.00894. The van der Waals surface area contributed by atoms with Crippen molar-refractivity contribution in [3.8, 4) is 17.2 Å². The van der Waals surface area contributed by atoms with E-state index in [2.05, 4.69) is 5.32 Å². The number of nitrogens with one attached hydrogen (secondary N) is 1. The van der Waals surface area contributed by atoms with Crippen molar-refractivity contribution < 1.29 is 67.3 Å². The smallest absolute Gasteiger partial charge is 0.410 e. The molecule has 0 radical (unpaired) electrons. The molecule has 19 heteroatoms. The van der Waals surface area contributed by atoms with Crippen LogP contribution < -0.4 is 19.5 Å². The summed E-state index contributed by atoms with van der Waals surface area (Å²) in [7, 11) is 7.00. The SMILES string of the molecule is COc1cc2cc(C(=O)CCC(=O)N3CCN(C(=O)OCc4ccc(OC5CC(O)CC(C(=O)O)O5)c(C(=O)NCCOCCOCCN(C)C)c4)CC3)sc2cc1OC. The summed E-state index contributed by atoms with van der Waals surface area (Å²) in [5.74, 6) is -0.884. The van der Waals surface area contributed by atoms with Gasteiger partial charge in [-0.25, -0.2) is 9.59 Å². The molecular weight excluding hydrogens is 805 g/mol. The number of thiophene rings is 1. The Balaban J connectivity index is 1.10. The van der Waals surface area contributed by atoms with Gasteiger partial charge in [0.05, 0.1) is 57.2 Å². The highest BCUT2D eigenvalue weighted by Gasteiger charge is 2.35. The number of Topliss-reactive ketones (excluding diaryl/α,β-unsaturated/α-hetero) is 1. The lowest BCUT2D eigenvalue weighted by molar-refractivity contribution is -0.195. The van der Waals surface area contributed by atoms with Crippen molar-refractivity contribution in [1.29, 1.82) is 0 Å². The fourth-order valence-corrected chi connectivity index (χ4v) is 7.51. The lowest BCUT2D eigenvalue weighted by Gasteiger charge is -2.34. The molecule has 2 saturated heterocycles. The van der Waals surface area contributed by atoms with Crippen LogP contribution in [0.1, 0.15) is 51.3 Å². The number of hydrogen-bond donors (Lipinski definition) is 3. The predicted molar refractivity (Wildman–Crippen MR) is 218 cm³/mol. The lowest BCUT2D eigenvalue weighted by Crippen LogP contribution is -2.50. The molecule has 18 nitrogen and oxygen atoms in total. The van der Waals surface area contributed by atoms with Gasteiger partial charge in [0.25, 0.3) is 5.91 Å². The summed E-state index contributed by atoms with van der Waals surface area (Å²) < 4.78 is 39.7. The van der Waals surface area contributed by atoms with E-state index in [-0.39, 0.29) is 94.6 Å². The molecule has 328 valence electrons. The maximum atomic E-state index is 13.4. The third-order valence-electron chi connectivity index (χ3n) is 9.79. The third kappa shape index (κ3) is 13.2. The first-order chi connectivity index (χ1) is 28.8. The highest BCUT2D eigenvalue weighted by Crippen LogP contribution is 2.37. The Kier molecular flexibility index (Phi) is 17.3. The second-order valence-electron chi connectivity index (χ2n) is 14.5. The van der Waals surface area contributed by atoms with Gasteiger partial charge in [0.2, 0.25) is 12.2 Å². The summed E-state index contributed by atoms with van der Waals surface area (Å²) in [5.41, 5.74) is 0.542. The van der Waals surface area contributed by atoms with Crippen molar-refractivity contribution in [3.05, 3.63) is 52.4 Å². The zero-order valence-corrected chi connectivity index (χ0v) is 35.2. The molecule has 0 spiro atoms. The molecule has 0 bridgehead atoms. The number of fused-ring (bicyclic) bond motifs is 1. The number of aliphatic carboxylic acids is 1. The number of rotatable bonds is 21. The van der Waals surface area contributed by atoms with E-state index in [0.29, 0.717) is 41.8 Å². The second-order valence-corrected chi connectivity index (χ2v) is 15.5. The van der Waals surface area contributed by atoms with Gasteiger partial charge in [-0.15, -0.1) is 11.3 Å². The molecule has 60 heavy (non-hydrogen) atoms. The van der Waals surface area contributed by atoms with Crippen LogP contribution in [-0.2, 0) is 35.1 Å². The number of hydrogen-bond acceptors (Lipinski definition) is 15. The van der Waals surface area contributed by atoms with E-state index in [1.807, 2.05) is 31.1 Å². The standard InChI is InChI=1S/C41H54N4O14S/c1-43(2)14-16-56-18-17-55-15-9-42-39(49)29-19-26(5-7-31(29)58-38-23-28(46)22-34(59-38)40(50)51)25-57-41(52)45-12-10-44(11-13-45)37(48)8-6-30(47)36-21-27-20-32(53-3)33(54-4)24-35(27)60-36/h5,7,19-21,24,28,34,38,46H,6,8-18,22-23,25H2,1-4H3,(H,42,49)(H,50,51). The van der Waals surface area contributed by atoms with Crippen LogP contribution in [0.3, 0.4) is 0 Å². The number of ketones is 1. The zero-order valence-electron chi connectivity index (χ0n) is 34.3. The van der Waals surface area contributed by atoms with Crippen LogP contribution in [-0.4, -0.2) is 167 Å². The molecule has 2 aliphatic heterocycles. The number of nitrogens with zero attached hydrogens (tertiary/aromatic N) is 3. The van der Waals surface area contributed by atoms with Crippen molar-refractivity contribution >= 4 is 51.1 Å². The Morgan fingerprint density at radius 2 is 1.57 bits per heavy atom. The van der Waals surface area contributed by atoms with Crippen LogP contribution in [0.5, 0.6) is 17.2 Å². The van der Waals surface area contributed by atoms with Gasteiger partial charge in [0.15, 0.2) is 23.4 Å². The number of aliphatic hydroxyl groups is 1. The Morgan fingerprint density at radius 3 is 2.27 bits per heavy atom. The molecule has 3 heterocycles. The zero-order chi connectivity index (χ0) is 43.2. The van der Waals surface area contributed by atoms with Crippen molar-refractivity contribution in [2.24, 2.45) is 0 Å². The molecule has 3 unspecified atom stereocenters. The van der Waals surface area contributed by atoms with Gasteiger partial charge < -0.3 is 63.4 Å². The van der Waals surface area contributed by atoms with Crippen LogP contribution in [0.2, 0.25) is 0 Å². The van der Waals surface area contributed by atoms with E-state index in [1.165, 1.54) is 28.4 Å². The van der Waals surface area contributed by atoms with Gasteiger partial charge >= 0.3 is 12.1 Å². The topological polar surface area (TPSA) is 212 Å². The Morgan fingerprint density at radius 1 is 0.867 bits per heavy atom. The maximum Gasteiger partial charge on any atom is 0.410 e. The Bertz CT molecular complexity index is 1910. The molecule has 2 fully saturated rings. The van der Waals surface area contributed by atoms with Crippen molar-refractivity contribution in [3.63, 3.8) is 0 Å². The molecule has 3 N–H and O–H groups in total. The normalized spacial score (nSPS) is 18.0. The average molecular weight is 859 g/mol. The van der Waals surface area contributed by atoms with Crippen LogP contribution >= 0.6 is 11.3 Å². The Hall–Kier alpha value is -5.05. The van der Waals surface area contributed by atoms with Crippen LogP contribution in [0.15, 0.2) is 36.4 Å². The highest BCUT2D eigenvalue weighted by atomic mass is 32.1. The molecule has 1 aromatic heterocycles. The van der Waals surface area contributed by atoms with Gasteiger partial charge in [-0.3, -0.25) is 14.4 Å². The number of ether oxygens (including phenoxy) is 7. The largest absolute Gasteiger partial charge is 0.493 e. The molecule has 0 saturated carbocycles. The Labute approximate surface area is 352 Å². The van der Waals surface area contributed by atoms with E-state index in [9.17, 15) is 34.2 Å². The predicted octanol–water partition coefficient (Wildman–Crippen LogP) is 3.02. The molecule has 2 aliphatic rings. The number of carboxylic acids is 1. The van der Waals surface area contributed by atoms with Gasteiger partial charge in [-0.05, 0) is 49.3 Å². The number of carboxylic acid groups (broad SMARTS) is 1. The molecule has 3 aromatic rings. The average Bonchev–Trinajstić information content (AvgIpc) is 3.66. The summed E-state index contributed by atoms with van der Waals surface area (Å²) in [4.78, 5) is 69.8. The summed E-state index contributed by atoms with van der Waals surface area (Å²) in [6.45, 7) is 3.31. The molecule has 3 atom stereocenters. The van der Waals surface area contributed by atoms with Gasteiger partial charge in [-0.1, -0.05) is 6.07 Å². The number of piperazine rings is 1. The fraction of sp³-hybridized carbons (Fsp3) is 0.537. The number of carbonyl (C=O) groups is 5. The molecule has 0 aliphatic carbocycles. The number of amides is 3. The van der Waals surface area contributed by atoms with Gasteiger partial charge in [-0.2, -0.15) is 0 Å². The van der Waals surface area contributed by atoms with E-state index in [4.69, 9.17) is 33.2 Å². The molecule has 3 amide bonds. The van der Waals surface area contributed by atoms with Crippen LogP contribution in [0.25, 0.3) is 10.1 Å². The molecule has 5 rings (SSSR count). The number of likely N-dealkylation sites (N-methyl/N-ethyl adjacent to an activating group) is 1. The third-order valence-corrected chi connectivity index (χ3v) is 10.9. The quantitative estimate of drug-likeness (QED) is 0.104. The number of methoxy groups -OCH3 is 2. The first-order valence-corrected chi connectivity index (χ1v) is 20.5. The maximum absolute atomic E-state index is 13.4. The van der Waals surface area contributed by atoms with E-state index in [1.54, 1.807) is 31.3 Å². The molecule has 2 aromatic carbocycles. The number of carbonyl (C=O) groups excluding carboxylic acids is 4. The molecular formula is C41H54N4O14S. The van der Waals surface area contributed by atoms with E-state index >= 15 is 0 Å². The second kappa shape index (κ2) is 22.5. The number of aliphatic hydroxyl groups excluding tert-OH is 1. The highest BCUT2D eigenvalue weighted by molar-refractivity contribution is 7.20.